The summed E-state index contributed by atoms with van der Waals surface area (Å²) in [6.07, 6.45) is 0.922. The van der Waals surface area contributed by atoms with Gasteiger partial charge in [-0.15, -0.1) is 0 Å². The van der Waals surface area contributed by atoms with E-state index in [4.69, 9.17) is 0 Å². The highest BCUT2D eigenvalue weighted by Gasteiger charge is 2.21. The van der Waals surface area contributed by atoms with E-state index in [1.54, 1.807) is 12.1 Å². The van der Waals surface area contributed by atoms with Crippen molar-refractivity contribution in [2.75, 3.05) is 0 Å². The van der Waals surface area contributed by atoms with Crippen LogP contribution in [0.3, 0.4) is 0 Å². The van der Waals surface area contributed by atoms with E-state index in [1.165, 1.54) is 0 Å². The fourth-order valence-electron chi connectivity index (χ4n) is 1.64. The van der Waals surface area contributed by atoms with Crippen molar-refractivity contribution in [2.24, 2.45) is 0 Å². The summed E-state index contributed by atoms with van der Waals surface area (Å²) >= 11 is 0. The normalized spacial score (nSPS) is 25.1. The van der Waals surface area contributed by atoms with Crippen LogP contribution in [0.4, 0.5) is 0 Å². The van der Waals surface area contributed by atoms with Crippen molar-refractivity contribution in [2.45, 2.75) is 25.6 Å². The highest BCUT2D eigenvalue weighted by molar-refractivity contribution is 5.94. The van der Waals surface area contributed by atoms with Crippen molar-refractivity contribution in [1.82, 2.24) is 16.2 Å². The average Bonchev–Trinajstić information content (AvgIpc) is 2.65. The van der Waals surface area contributed by atoms with Gasteiger partial charge in [-0.1, -0.05) is 18.2 Å². The van der Waals surface area contributed by atoms with Crippen LogP contribution in [0.1, 0.15) is 23.7 Å². The fourth-order valence-corrected chi connectivity index (χ4v) is 1.64. The lowest BCUT2D eigenvalue weighted by atomic mass is 10.2. The van der Waals surface area contributed by atoms with Crippen molar-refractivity contribution in [1.29, 1.82) is 0 Å². The Morgan fingerprint density at radius 2 is 2.07 bits per heavy atom. The van der Waals surface area contributed by atoms with E-state index < -0.39 is 0 Å². The van der Waals surface area contributed by atoms with E-state index in [1.807, 2.05) is 18.2 Å². The van der Waals surface area contributed by atoms with Crippen LogP contribution >= 0.6 is 0 Å². The molecule has 1 aliphatic heterocycles. The standard InChI is InChI=1S/C11H15N3O/c1-8-7-10(14-13-8)12-11(15)9-5-3-2-4-6-9/h2-6,8,10,13-14H,7H2,1H3,(H,12,15). The summed E-state index contributed by atoms with van der Waals surface area (Å²) in [5.41, 5.74) is 6.78. The van der Waals surface area contributed by atoms with Crippen LogP contribution in [-0.2, 0) is 0 Å². The summed E-state index contributed by atoms with van der Waals surface area (Å²) < 4.78 is 0. The minimum atomic E-state index is -0.0380. The van der Waals surface area contributed by atoms with Gasteiger partial charge in [-0.05, 0) is 25.5 Å². The molecule has 1 amide bonds. The molecule has 0 aliphatic carbocycles. The number of carbonyl (C=O) groups excluding carboxylic acids is 1. The Labute approximate surface area is 89.0 Å². The molecule has 0 aromatic heterocycles. The molecule has 1 saturated heterocycles. The summed E-state index contributed by atoms with van der Waals surface area (Å²) in [5.74, 6) is -0.0380. The number of hydrogen-bond donors (Lipinski definition) is 3. The zero-order chi connectivity index (χ0) is 10.7. The molecule has 0 bridgehead atoms. The molecule has 0 radical (unpaired) electrons. The highest BCUT2D eigenvalue weighted by Crippen LogP contribution is 2.03. The van der Waals surface area contributed by atoms with Crippen LogP contribution in [0.5, 0.6) is 0 Å². The predicted octanol–water partition coefficient (Wildman–Crippen LogP) is 0.629. The summed E-state index contributed by atoms with van der Waals surface area (Å²) in [6, 6.07) is 9.62. The van der Waals surface area contributed by atoms with Crippen molar-refractivity contribution in [3.05, 3.63) is 35.9 Å². The first-order valence-electron chi connectivity index (χ1n) is 5.12. The number of benzene rings is 1. The Kier molecular flexibility index (Phi) is 2.99. The second-order valence-electron chi connectivity index (χ2n) is 3.82. The van der Waals surface area contributed by atoms with Crippen LogP contribution in [0.15, 0.2) is 30.3 Å². The summed E-state index contributed by atoms with van der Waals surface area (Å²) in [7, 11) is 0. The van der Waals surface area contributed by atoms with E-state index >= 15 is 0 Å². The predicted molar refractivity (Wildman–Crippen MR) is 58.0 cm³/mol. The third-order valence-corrected chi connectivity index (χ3v) is 2.43. The Bertz CT molecular complexity index is 339. The Morgan fingerprint density at radius 1 is 1.33 bits per heavy atom. The van der Waals surface area contributed by atoms with Crippen LogP contribution in [0.2, 0.25) is 0 Å². The molecule has 2 atom stereocenters. The minimum absolute atomic E-state index is 0.0210. The Hall–Kier alpha value is -1.39. The molecule has 4 heteroatoms. The van der Waals surface area contributed by atoms with Crippen LogP contribution in [-0.4, -0.2) is 18.1 Å². The van der Waals surface area contributed by atoms with Crippen LogP contribution in [0.25, 0.3) is 0 Å². The van der Waals surface area contributed by atoms with Gasteiger partial charge >= 0.3 is 0 Å². The molecule has 15 heavy (non-hydrogen) atoms. The van der Waals surface area contributed by atoms with Gasteiger partial charge in [-0.25, -0.2) is 5.43 Å². The maximum absolute atomic E-state index is 11.7. The molecule has 0 saturated carbocycles. The van der Waals surface area contributed by atoms with Gasteiger partial charge < -0.3 is 5.32 Å². The number of hydrogen-bond acceptors (Lipinski definition) is 3. The zero-order valence-corrected chi connectivity index (χ0v) is 8.66. The second kappa shape index (κ2) is 4.42. The quantitative estimate of drug-likeness (QED) is 0.663. The summed E-state index contributed by atoms with van der Waals surface area (Å²) in [5, 5.41) is 2.91. The van der Waals surface area contributed by atoms with Gasteiger partial charge in [0.2, 0.25) is 0 Å². The maximum atomic E-state index is 11.7. The smallest absolute Gasteiger partial charge is 0.252 e. The van der Waals surface area contributed by atoms with E-state index in [0.717, 1.165) is 6.42 Å². The first-order valence-corrected chi connectivity index (χ1v) is 5.12. The second-order valence-corrected chi connectivity index (χ2v) is 3.82. The van der Waals surface area contributed by atoms with Crippen molar-refractivity contribution < 1.29 is 4.79 Å². The lowest BCUT2D eigenvalue weighted by Gasteiger charge is -2.11. The van der Waals surface area contributed by atoms with E-state index in [-0.39, 0.29) is 12.1 Å². The lowest BCUT2D eigenvalue weighted by molar-refractivity contribution is 0.0932. The number of amides is 1. The number of nitrogens with one attached hydrogen (secondary N) is 3. The zero-order valence-electron chi connectivity index (χ0n) is 8.66. The number of hydrazine groups is 1. The van der Waals surface area contributed by atoms with Crippen LogP contribution < -0.4 is 16.2 Å². The molecule has 1 aromatic rings. The largest absolute Gasteiger partial charge is 0.335 e. The molecule has 1 aliphatic rings. The molecule has 0 spiro atoms. The molecule has 2 unspecified atom stereocenters. The summed E-state index contributed by atoms with van der Waals surface area (Å²) in [4.78, 5) is 11.7. The molecular formula is C11H15N3O. The van der Waals surface area contributed by atoms with Gasteiger partial charge in [-0.2, -0.15) is 0 Å². The first kappa shape index (κ1) is 10.1. The van der Waals surface area contributed by atoms with E-state index in [2.05, 4.69) is 23.1 Å². The highest BCUT2D eigenvalue weighted by atomic mass is 16.1. The fraction of sp³-hybridized carbons (Fsp3) is 0.364. The minimum Gasteiger partial charge on any atom is -0.335 e. The van der Waals surface area contributed by atoms with Gasteiger partial charge in [0.15, 0.2) is 0 Å². The van der Waals surface area contributed by atoms with E-state index in [9.17, 15) is 4.79 Å². The molecule has 80 valence electrons. The van der Waals surface area contributed by atoms with Crippen LogP contribution in [0, 0.1) is 0 Å². The topological polar surface area (TPSA) is 53.2 Å². The van der Waals surface area contributed by atoms with Crippen molar-refractivity contribution >= 4 is 5.91 Å². The van der Waals surface area contributed by atoms with Gasteiger partial charge in [0, 0.05) is 11.6 Å². The molecule has 4 nitrogen and oxygen atoms in total. The molecule has 2 rings (SSSR count). The molecule has 1 aromatic carbocycles. The molecular weight excluding hydrogens is 190 g/mol. The molecule has 3 N–H and O–H groups in total. The Balaban J connectivity index is 1.93. The number of rotatable bonds is 2. The monoisotopic (exact) mass is 205 g/mol. The third kappa shape index (κ3) is 2.55. The lowest BCUT2D eigenvalue weighted by Crippen LogP contribution is -2.44. The SMILES string of the molecule is CC1CC(NC(=O)c2ccccc2)NN1. The average molecular weight is 205 g/mol. The first-order chi connectivity index (χ1) is 7.25. The van der Waals surface area contributed by atoms with Gasteiger partial charge in [0.25, 0.3) is 5.91 Å². The van der Waals surface area contributed by atoms with E-state index in [0.29, 0.717) is 11.6 Å². The third-order valence-electron chi connectivity index (χ3n) is 2.43. The summed E-state index contributed by atoms with van der Waals surface area (Å²) in [6.45, 7) is 2.07. The molecule has 1 heterocycles. The molecule has 1 fully saturated rings. The van der Waals surface area contributed by atoms with Gasteiger partial charge in [0.1, 0.15) is 0 Å². The number of carbonyl (C=O) groups is 1. The van der Waals surface area contributed by atoms with Gasteiger partial charge in [-0.3, -0.25) is 10.2 Å². The maximum Gasteiger partial charge on any atom is 0.252 e. The Morgan fingerprint density at radius 3 is 2.67 bits per heavy atom. The van der Waals surface area contributed by atoms with Crippen molar-refractivity contribution in [3.8, 4) is 0 Å². The van der Waals surface area contributed by atoms with Crippen molar-refractivity contribution in [3.63, 3.8) is 0 Å². The van der Waals surface area contributed by atoms with Gasteiger partial charge in [0.05, 0.1) is 6.17 Å².